The number of nitrogens with one attached hydrogen (secondary N) is 2. The van der Waals surface area contributed by atoms with Crippen molar-refractivity contribution >= 4 is 28.3 Å². The highest BCUT2D eigenvalue weighted by molar-refractivity contribution is 7.13. The first-order chi connectivity index (χ1) is 9.93. The summed E-state index contributed by atoms with van der Waals surface area (Å²) >= 11 is 1.31. The number of nitrogens with zero attached hydrogens (tertiary/aromatic N) is 2. The molecule has 1 atom stereocenters. The summed E-state index contributed by atoms with van der Waals surface area (Å²) in [7, 11) is 0. The van der Waals surface area contributed by atoms with Crippen LogP contribution in [0.3, 0.4) is 0 Å². The second-order valence-electron chi connectivity index (χ2n) is 4.65. The Bertz CT molecular complexity index is 560. The SMILES string of the molecule is CC(C)CC(NC(=O)/C(C#N)=C\Nc1nccs1)C(=O)O. The number of hydrogen-bond donors (Lipinski definition) is 3. The minimum absolute atomic E-state index is 0.106. The third kappa shape index (κ3) is 5.62. The molecule has 0 aliphatic carbocycles. The van der Waals surface area contributed by atoms with E-state index in [1.807, 2.05) is 13.8 Å². The molecule has 112 valence electrons. The lowest BCUT2D eigenvalue weighted by molar-refractivity contribution is -0.141. The second kappa shape index (κ2) is 8.01. The number of carbonyl (C=O) groups is 2. The molecule has 0 aromatic carbocycles. The molecule has 0 bridgehead atoms. The summed E-state index contributed by atoms with van der Waals surface area (Å²) < 4.78 is 0. The lowest BCUT2D eigenvalue weighted by Crippen LogP contribution is -2.42. The first-order valence-electron chi connectivity index (χ1n) is 6.24. The van der Waals surface area contributed by atoms with Gasteiger partial charge in [0.15, 0.2) is 5.13 Å². The molecular formula is C13H16N4O3S. The molecule has 1 rings (SSSR count). The number of rotatable bonds is 7. The van der Waals surface area contributed by atoms with Crippen molar-refractivity contribution in [1.82, 2.24) is 10.3 Å². The molecule has 1 aromatic rings. The van der Waals surface area contributed by atoms with Crippen molar-refractivity contribution < 1.29 is 14.7 Å². The summed E-state index contributed by atoms with van der Waals surface area (Å²) in [4.78, 5) is 26.9. The van der Waals surface area contributed by atoms with Gasteiger partial charge in [-0.25, -0.2) is 9.78 Å². The van der Waals surface area contributed by atoms with E-state index in [0.717, 1.165) is 0 Å². The van der Waals surface area contributed by atoms with Crippen molar-refractivity contribution in [3.63, 3.8) is 0 Å². The van der Waals surface area contributed by atoms with E-state index in [2.05, 4.69) is 15.6 Å². The Morgan fingerprint density at radius 3 is 2.76 bits per heavy atom. The van der Waals surface area contributed by atoms with Gasteiger partial charge in [0, 0.05) is 17.8 Å². The second-order valence-corrected chi connectivity index (χ2v) is 5.54. The summed E-state index contributed by atoms with van der Waals surface area (Å²) in [5.41, 5.74) is -0.208. The van der Waals surface area contributed by atoms with E-state index in [0.29, 0.717) is 11.6 Å². The molecule has 1 amide bonds. The predicted octanol–water partition coefficient (Wildman–Crippen LogP) is 1.58. The Balaban J connectivity index is 2.71. The number of carboxylic acids is 1. The maximum Gasteiger partial charge on any atom is 0.326 e. The number of nitriles is 1. The van der Waals surface area contributed by atoms with Gasteiger partial charge in [0.2, 0.25) is 0 Å². The fraction of sp³-hybridized carbons (Fsp3) is 0.385. The zero-order valence-corrected chi connectivity index (χ0v) is 12.5. The lowest BCUT2D eigenvalue weighted by Gasteiger charge is -2.16. The number of carbonyl (C=O) groups excluding carboxylic acids is 1. The standard InChI is InChI=1S/C13H16N4O3S/c1-8(2)5-10(12(19)20)17-11(18)9(6-14)7-16-13-15-3-4-21-13/h3-4,7-8,10H,5H2,1-2H3,(H,15,16)(H,17,18)(H,19,20)/b9-7-. The maximum absolute atomic E-state index is 11.9. The molecule has 0 saturated heterocycles. The van der Waals surface area contributed by atoms with Gasteiger partial charge in [0.25, 0.3) is 5.91 Å². The fourth-order valence-electron chi connectivity index (χ4n) is 1.51. The van der Waals surface area contributed by atoms with Crippen LogP contribution in [0.15, 0.2) is 23.3 Å². The molecule has 1 aromatic heterocycles. The van der Waals surface area contributed by atoms with E-state index in [-0.39, 0.29) is 11.5 Å². The molecule has 0 aliphatic heterocycles. The van der Waals surface area contributed by atoms with Crippen LogP contribution in [0.4, 0.5) is 5.13 Å². The number of thiazole rings is 1. The zero-order valence-electron chi connectivity index (χ0n) is 11.7. The van der Waals surface area contributed by atoms with Crippen LogP contribution in [0.1, 0.15) is 20.3 Å². The van der Waals surface area contributed by atoms with E-state index >= 15 is 0 Å². The van der Waals surface area contributed by atoms with Gasteiger partial charge >= 0.3 is 5.97 Å². The highest BCUT2D eigenvalue weighted by Gasteiger charge is 2.22. The zero-order chi connectivity index (χ0) is 15.8. The lowest BCUT2D eigenvalue weighted by atomic mass is 10.0. The third-order valence-electron chi connectivity index (χ3n) is 2.45. The Hall–Kier alpha value is -2.40. The number of aromatic nitrogens is 1. The van der Waals surface area contributed by atoms with Crippen LogP contribution in [0.25, 0.3) is 0 Å². The van der Waals surface area contributed by atoms with Crippen molar-refractivity contribution in [2.45, 2.75) is 26.3 Å². The monoisotopic (exact) mass is 308 g/mol. The molecule has 0 spiro atoms. The van der Waals surface area contributed by atoms with Gasteiger partial charge < -0.3 is 15.7 Å². The molecule has 0 saturated carbocycles. The van der Waals surface area contributed by atoms with Crippen LogP contribution >= 0.6 is 11.3 Å². The molecular weight excluding hydrogens is 292 g/mol. The summed E-state index contributed by atoms with van der Waals surface area (Å²) in [6, 6.07) is 0.713. The Morgan fingerprint density at radius 1 is 1.57 bits per heavy atom. The van der Waals surface area contributed by atoms with Crippen molar-refractivity contribution in [1.29, 1.82) is 5.26 Å². The van der Waals surface area contributed by atoms with Gasteiger partial charge in [-0.1, -0.05) is 13.8 Å². The molecule has 7 nitrogen and oxygen atoms in total. The van der Waals surface area contributed by atoms with Crippen molar-refractivity contribution in [2.24, 2.45) is 5.92 Å². The van der Waals surface area contributed by atoms with Crippen LogP contribution in [-0.4, -0.2) is 28.0 Å². The van der Waals surface area contributed by atoms with E-state index in [4.69, 9.17) is 10.4 Å². The first kappa shape index (κ1) is 16.7. The average Bonchev–Trinajstić information content (AvgIpc) is 2.91. The van der Waals surface area contributed by atoms with Crippen molar-refractivity contribution in [3.05, 3.63) is 23.3 Å². The molecule has 0 aliphatic rings. The highest BCUT2D eigenvalue weighted by Crippen LogP contribution is 2.11. The number of carboxylic acid groups (broad SMARTS) is 1. The number of hydrogen-bond acceptors (Lipinski definition) is 6. The average molecular weight is 308 g/mol. The van der Waals surface area contributed by atoms with Crippen LogP contribution in [0, 0.1) is 17.2 Å². The molecule has 1 unspecified atom stereocenters. The largest absolute Gasteiger partial charge is 0.480 e. The minimum Gasteiger partial charge on any atom is -0.480 e. The predicted molar refractivity (Wildman–Crippen MR) is 78.5 cm³/mol. The fourth-order valence-corrected chi connectivity index (χ4v) is 2.01. The molecule has 0 fully saturated rings. The summed E-state index contributed by atoms with van der Waals surface area (Å²) in [6.45, 7) is 3.71. The molecule has 21 heavy (non-hydrogen) atoms. The van der Waals surface area contributed by atoms with Gasteiger partial charge in [0.05, 0.1) is 0 Å². The number of amides is 1. The highest BCUT2D eigenvalue weighted by atomic mass is 32.1. The number of aliphatic carboxylic acids is 1. The topological polar surface area (TPSA) is 115 Å². The van der Waals surface area contributed by atoms with Gasteiger partial charge in [0.1, 0.15) is 17.7 Å². The van der Waals surface area contributed by atoms with Crippen LogP contribution in [-0.2, 0) is 9.59 Å². The molecule has 3 N–H and O–H groups in total. The van der Waals surface area contributed by atoms with E-state index < -0.39 is 17.9 Å². The van der Waals surface area contributed by atoms with Crippen LogP contribution in [0.2, 0.25) is 0 Å². The van der Waals surface area contributed by atoms with Crippen molar-refractivity contribution in [2.75, 3.05) is 5.32 Å². The van der Waals surface area contributed by atoms with Gasteiger partial charge in [-0.2, -0.15) is 5.26 Å². The maximum atomic E-state index is 11.9. The minimum atomic E-state index is -1.12. The van der Waals surface area contributed by atoms with E-state index in [1.165, 1.54) is 17.5 Å². The molecule has 1 heterocycles. The van der Waals surface area contributed by atoms with Crippen LogP contribution in [0.5, 0.6) is 0 Å². The molecule has 0 radical (unpaired) electrons. The third-order valence-corrected chi connectivity index (χ3v) is 3.15. The number of anilines is 1. The normalized spacial score (nSPS) is 12.6. The van der Waals surface area contributed by atoms with E-state index in [9.17, 15) is 9.59 Å². The summed E-state index contributed by atoms with van der Waals surface area (Å²) in [6.07, 6.45) is 3.08. The van der Waals surface area contributed by atoms with Crippen molar-refractivity contribution in [3.8, 4) is 6.07 Å². The molecule has 8 heteroatoms. The smallest absolute Gasteiger partial charge is 0.326 e. The Morgan fingerprint density at radius 2 is 2.29 bits per heavy atom. The van der Waals surface area contributed by atoms with Gasteiger partial charge in [-0.05, 0) is 12.3 Å². The van der Waals surface area contributed by atoms with Crippen LogP contribution < -0.4 is 10.6 Å². The Labute approximate surface area is 126 Å². The van der Waals surface area contributed by atoms with Gasteiger partial charge in [-0.3, -0.25) is 4.79 Å². The van der Waals surface area contributed by atoms with E-state index in [1.54, 1.807) is 17.6 Å². The quantitative estimate of drug-likeness (QED) is 0.520. The first-order valence-corrected chi connectivity index (χ1v) is 7.12. The summed E-state index contributed by atoms with van der Waals surface area (Å²) in [5.74, 6) is -1.74. The van der Waals surface area contributed by atoms with Gasteiger partial charge in [-0.15, -0.1) is 11.3 Å². The Kier molecular flexibility index (Phi) is 6.36. The summed E-state index contributed by atoms with van der Waals surface area (Å²) in [5, 5.41) is 25.4.